The highest BCUT2D eigenvalue weighted by Gasteiger charge is 2.45. The molecule has 6 nitrogen and oxygen atoms in total. The van der Waals surface area contributed by atoms with E-state index >= 15 is 0 Å². The smallest absolute Gasteiger partial charge is 0.186 e. The number of benzene rings is 1. The lowest BCUT2D eigenvalue weighted by Gasteiger charge is -2.39. The summed E-state index contributed by atoms with van der Waals surface area (Å²) in [5, 5.41) is 39.3. The molecule has 110 valence electrons. The van der Waals surface area contributed by atoms with Crippen LogP contribution in [-0.2, 0) is 9.47 Å². The maximum absolute atomic E-state index is 10.0. The normalized spacial score (nSPS) is 35.0. The van der Waals surface area contributed by atoms with Gasteiger partial charge in [0.2, 0.25) is 0 Å². The summed E-state index contributed by atoms with van der Waals surface area (Å²) in [5.41, 5.74) is 0.718. The summed E-state index contributed by atoms with van der Waals surface area (Å²) < 4.78 is 10.1. The van der Waals surface area contributed by atoms with E-state index < -0.39 is 30.7 Å². The molecule has 0 unspecified atom stereocenters. The van der Waals surface area contributed by atoms with Crippen molar-refractivity contribution in [2.24, 2.45) is 0 Å². The van der Waals surface area contributed by atoms with Gasteiger partial charge in [-0.3, -0.25) is 0 Å². The molecule has 2 rings (SSSR count). The van der Waals surface area contributed by atoms with Gasteiger partial charge >= 0.3 is 0 Å². The molecule has 0 bridgehead atoms. The topological polar surface area (TPSA) is 99.4 Å². The van der Waals surface area contributed by atoms with Crippen molar-refractivity contribution in [2.45, 2.75) is 30.7 Å². The highest BCUT2D eigenvalue weighted by Crippen LogP contribution is 2.26. The van der Waals surface area contributed by atoms with Gasteiger partial charge in [-0.2, -0.15) is 0 Å². The van der Waals surface area contributed by atoms with Gasteiger partial charge in [0.1, 0.15) is 30.2 Å². The average molecular weight is 282 g/mol. The van der Waals surface area contributed by atoms with Gasteiger partial charge in [-0.05, 0) is 11.6 Å². The van der Waals surface area contributed by atoms with Crippen LogP contribution in [0.5, 0.6) is 0 Å². The quantitative estimate of drug-likeness (QED) is 0.584. The van der Waals surface area contributed by atoms with Gasteiger partial charge in [-0.15, -0.1) is 0 Å². The van der Waals surface area contributed by atoms with E-state index in [1.54, 1.807) is 24.3 Å². The van der Waals surface area contributed by atoms with Crippen LogP contribution in [-0.4, -0.2) is 58.2 Å². The molecule has 4 N–H and O–H groups in total. The lowest BCUT2D eigenvalue weighted by molar-refractivity contribution is -0.286. The van der Waals surface area contributed by atoms with Gasteiger partial charge in [-0.1, -0.05) is 30.3 Å². The highest BCUT2D eigenvalue weighted by molar-refractivity contribution is 5.51. The van der Waals surface area contributed by atoms with Crippen molar-refractivity contribution in [1.29, 1.82) is 0 Å². The van der Waals surface area contributed by atoms with Crippen molar-refractivity contribution in [3.05, 3.63) is 41.7 Å². The maximum Gasteiger partial charge on any atom is 0.186 e. The van der Waals surface area contributed by atoms with Gasteiger partial charge in [-0.25, -0.2) is 0 Å². The number of aliphatic hydroxyl groups excluding tert-OH is 4. The SMILES string of the molecule is CO[C@H]1O[C@H](C(O)=Cc2ccccc2)[C@@H](O)[C@H](O)[C@@H]1O. The average Bonchev–Trinajstić information content (AvgIpc) is 2.46. The summed E-state index contributed by atoms with van der Waals surface area (Å²) in [4.78, 5) is 0. The fourth-order valence-electron chi connectivity index (χ4n) is 2.09. The number of methoxy groups -OCH3 is 1. The van der Waals surface area contributed by atoms with Crippen LogP contribution < -0.4 is 0 Å². The maximum atomic E-state index is 10.0. The Morgan fingerprint density at radius 2 is 1.75 bits per heavy atom. The minimum absolute atomic E-state index is 0.253. The van der Waals surface area contributed by atoms with Crippen molar-refractivity contribution in [3.8, 4) is 0 Å². The van der Waals surface area contributed by atoms with E-state index in [-0.39, 0.29) is 5.76 Å². The number of ether oxygens (including phenoxy) is 2. The molecule has 1 aromatic rings. The fraction of sp³-hybridized carbons (Fsp3) is 0.429. The van der Waals surface area contributed by atoms with E-state index in [1.165, 1.54) is 13.2 Å². The molecule has 20 heavy (non-hydrogen) atoms. The lowest BCUT2D eigenvalue weighted by atomic mass is 9.97. The molecule has 1 aromatic carbocycles. The minimum Gasteiger partial charge on any atom is -0.509 e. The Bertz CT molecular complexity index is 458. The first kappa shape index (κ1) is 15.0. The zero-order valence-corrected chi connectivity index (χ0v) is 11.0. The summed E-state index contributed by atoms with van der Waals surface area (Å²) >= 11 is 0. The van der Waals surface area contributed by atoms with Crippen molar-refractivity contribution in [1.82, 2.24) is 0 Å². The molecule has 1 fully saturated rings. The number of hydrogen-bond donors (Lipinski definition) is 4. The summed E-state index contributed by atoms with van der Waals surface area (Å²) in [6.07, 6.45) is -5.16. The molecule has 6 heteroatoms. The minimum atomic E-state index is -1.47. The Kier molecular flexibility index (Phi) is 4.74. The van der Waals surface area contributed by atoms with E-state index in [1.807, 2.05) is 6.07 Å². The van der Waals surface area contributed by atoms with E-state index in [0.29, 0.717) is 0 Å². The largest absolute Gasteiger partial charge is 0.509 e. The first-order valence-electron chi connectivity index (χ1n) is 6.22. The summed E-state index contributed by atoms with van der Waals surface area (Å²) in [7, 11) is 1.30. The Hall–Kier alpha value is -1.44. The number of aliphatic hydroxyl groups is 4. The van der Waals surface area contributed by atoms with Gasteiger partial charge < -0.3 is 29.9 Å². The van der Waals surface area contributed by atoms with E-state index in [2.05, 4.69) is 0 Å². The van der Waals surface area contributed by atoms with Crippen molar-refractivity contribution in [2.75, 3.05) is 7.11 Å². The van der Waals surface area contributed by atoms with Crippen LogP contribution in [0.1, 0.15) is 5.56 Å². The molecule has 0 radical (unpaired) electrons. The van der Waals surface area contributed by atoms with Crippen LogP contribution in [0.2, 0.25) is 0 Å². The third-order valence-electron chi connectivity index (χ3n) is 3.21. The van der Waals surface area contributed by atoms with Crippen LogP contribution in [0.4, 0.5) is 0 Å². The van der Waals surface area contributed by atoms with Gasteiger partial charge in [0.25, 0.3) is 0 Å². The first-order chi connectivity index (χ1) is 9.54. The monoisotopic (exact) mass is 282 g/mol. The Labute approximate surface area is 116 Å². The Morgan fingerprint density at radius 3 is 2.35 bits per heavy atom. The summed E-state index contributed by atoms with van der Waals surface area (Å²) in [5.74, 6) is -0.253. The number of rotatable bonds is 3. The summed E-state index contributed by atoms with van der Waals surface area (Å²) in [6.45, 7) is 0. The molecule has 0 aromatic heterocycles. The number of hydrogen-bond acceptors (Lipinski definition) is 6. The molecule has 1 heterocycles. The van der Waals surface area contributed by atoms with Gasteiger partial charge in [0.05, 0.1) is 0 Å². The second kappa shape index (κ2) is 6.34. The van der Waals surface area contributed by atoms with Gasteiger partial charge in [0, 0.05) is 7.11 Å². The fourth-order valence-corrected chi connectivity index (χ4v) is 2.09. The molecule has 1 aliphatic rings. The Balaban J connectivity index is 2.20. The predicted octanol–water partition coefficient (Wildman–Crippen LogP) is 0.0395. The van der Waals surface area contributed by atoms with Crippen LogP contribution >= 0.6 is 0 Å². The molecule has 0 spiro atoms. The molecule has 0 aliphatic carbocycles. The third-order valence-corrected chi connectivity index (χ3v) is 3.21. The molecule has 5 atom stereocenters. The molecular formula is C14H18O6. The van der Waals surface area contributed by atoms with Crippen LogP contribution in [0.3, 0.4) is 0 Å². The molecule has 1 aliphatic heterocycles. The van der Waals surface area contributed by atoms with Crippen LogP contribution in [0.15, 0.2) is 36.1 Å². The zero-order chi connectivity index (χ0) is 14.7. The molecule has 0 saturated carbocycles. The lowest BCUT2D eigenvalue weighted by Crippen LogP contribution is -2.58. The summed E-state index contributed by atoms with van der Waals surface area (Å²) in [6, 6.07) is 8.97. The molecule has 1 saturated heterocycles. The first-order valence-corrected chi connectivity index (χ1v) is 6.22. The van der Waals surface area contributed by atoms with Gasteiger partial charge in [0.15, 0.2) is 6.29 Å². The molecular weight excluding hydrogens is 264 g/mol. The highest BCUT2D eigenvalue weighted by atomic mass is 16.7. The molecule has 0 amide bonds. The standard InChI is InChI=1S/C14H18O6/c1-19-14-12(18)10(16)11(17)13(20-14)9(15)7-8-5-3-2-4-6-8/h2-7,10-18H,1H3/t10-,11-,12-,13+,14-/m0/s1. The van der Waals surface area contributed by atoms with Crippen LogP contribution in [0.25, 0.3) is 6.08 Å². The van der Waals surface area contributed by atoms with Crippen LogP contribution in [0, 0.1) is 0 Å². The van der Waals surface area contributed by atoms with Crippen molar-refractivity contribution >= 4 is 6.08 Å². The second-order valence-electron chi connectivity index (χ2n) is 4.61. The van der Waals surface area contributed by atoms with Crippen molar-refractivity contribution < 1.29 is 29.9 Å². The zero-order valence-electron chi connectivity index (χ0n) is 11.0. The van der Waals surface area contributed by atoms with E-state index in [0.717, 1.165) is 5.56 Å². The third kappa shape index (κ3) is 3.00. The van der Waals surface area contributed by atoms with E-state index in [4.69, 9.17) is 9.47 Å². The second-order valence-corrected chi connectivity index (χ2v) is 4.61. The van der Waals surface area contributed by atoms with Crippen molar-refractivity contribution in [3.63, 3.8) is 0 Å². The predicted molar refractivity (Wildman–Crippen MR) is 70.7 cm³/mol. The van der Waals surface area contributed by atoms with E-state index in [9.17, 15) is 20.4 Å². The Morgan fingerprint density at radius 1 is 1.10 bits per heavy atom.